The van der Waals surface area contributed by atoms with Crippen molar-refractivity contribution in [1.82, 2.24) is 0 Å². The number of unbranched alkanes of at least 4 members (excludes halogenated alkanes) is 1. The van der Waals surface area contributed by atoms with Gasteiger partial charge >= 0.3 is 0 Å². The highest BCUT2D eigenvalue weighted by molar-refractivity contribution is 7.91. The average molecular weight is 390 g/mol. The van der Waals surface area contributed by atoms with Crippen molar-refractivity contribution in [3.8, 4) is 11.5 Å². The monoisotopic (exact) mass is 389 g/mol. The van der Waals surface area contributed by atoms with E-state index in [0.29, 0.717) is 12.2 Å². The van der Waals surface area contributed by atoms with E-state index in [4.69, 9.17) is 4.74 Å². The molecule has 1 N–H and O–H groups in total. The summed E-state index contributed by atoms with van der Waals surface area (Å²) in [6.45, 7) is 4.73. The third-order valence-electron chi connectivity index (χ3n) is 5.17. The molecule has 0 amide bonds. The van der Waals surface area contributed by atoms with E-state index in [-0.39, 0.29) is 22.1 Å². The molecule has 0 saturated carbocycles. The first-order valence-electron chi connectivity index (χ1n) is 9.26. The first-order valence-corrected chi connectivity index (χ1v) is 10.9. The fraction of sp³-hybridized carbons (Fsp3) is 0.429. The Labute approximate surface area is 161 Å². The molecule has 0 spiro atoms. The quantitative estimate of drug-likeness (QED) is 0.814. The van der Waals surface area contributed by atoms with E-state index in [9.17, 15) is 13.5 Å². The Morgan fingerprint density at radius 1 is 1.22 bits per heavy atom. The summed E-state index contributed by atoms with van der Waals surface area (Å²) in [4.78, 5) is 2.20. The fourth-order valence-electron chi connectivity index (χ4n) is 3.80. The molecule has 1 atom stereocenters. The number of methoxy groups -OCH3 is 1. The van der Waals surface area contributed by atoms with Gasteiger partial charge in [-0.05, 0) is 24.0 Å². The molecule has 0 aromatic heterocycles. The van der Waals surface area contributed by atoms with Gasteiger partial charge in [-0.2, -0.15) is 0 Å². The molecule has 0 radical (unpaired) electrons. The van der Waals surface area contributed by atoms with Gasteiger partial charge in [0.15, 0.2) is 21.3 Å². The van der Waals surface area contributed by atoms with Gasteiger partial charge in [-0.25, -0.2) is 8.42 Å². The molecule has 1 aliphatic heterocycles. The normalized spacial score (nSPS) is 21.4. The number of anilines is 2. The van der Waals surface area contributed by atoms with Gasteiger partial charge in [0.05, 0.1) is 23.4 Å². The van der Waals surface area contributed by atoms with Crippen LogP contribution in [0.3, 0.4) is 0 Å². The van der Waals surface area contributed by atoms with Crippen molar-refractivity contribution in [2.24, 2.45) is 5.41 Å². The van der Waals surface area contributed by atoms with Crippen molar-refractivity contribution in [3.63, 3.8) is 0 Å². The zero-order valence-corrected chi connectivity index (χ0v) is 16.9. The lowest BCUT2D eigenvalue weighted by molar-refractivity contribution is 0.337. The molecule has 3 rings (SSSR count). The largest absolute Gasteiger partial charge is 0.504 e. The molecular formula is C21H27NO4S. The molecule has 0 fully saturated rings. The first-order chi connectivity index (χ1) is 12.8. The van der Waals surface area contributed by atoms with Gasteiger partial charge in [-0.3, -0.25) is 0 Å². The second-order valence-electron chi connectivity index (χ2n) is 7.59. The number of phenols is 1. The molecule has 2 aromatic carbocycles. The standard InChI is InChI=1S/C21H27NO4S/c1-4-5-11-21(2)14-22(16-9-7-6-8-10-16)17-12-19(26-3)18(23)13-20(17)27(24,25)15-21/h6-10,12-13,23H,4-5,11,14-15H2,1-3H3. The average Bonchev–Trinajstić information content (AvgIpc) is 2.73. The van der Waals surface area contributed by atoms with Crippen molar-refractivity contribution >= 4 is 21.2 Å². The van der Waals surface area contributed by atoms with Crippen LogP contribution in [0.25, 0.3) is 0 Å². The van der Waals surface area contributed by atoms with Crippen LogP contribution in [0.4, 0.5) is 11.4 Å². The van der Waals surface area contributed by atoms with Crippen molar-refractivity contribution < 1.29 is 18.3 Å². The van der Waals surface area contributed by atoms with Crippen LogP contribution in [0, 0.1) is 5.41 Å². The van der Waals surface area contributed by atoms with Gasteiger partial charge < -0.3 is 14.7 Å². The molecule has 27 heavy (non-hydrogen) atoms. The number of rotatable bonds is 5. The molecule has 146 valence electrons. The molecule has 1 unspecified atom stereocenters. The molecule has 1 aliphatic rings. The van der Waals surface area contributed by atoms with Gasteiger partial charge in [0.2, 0.25) is 0 Å². The van der Waals surface area contributed by atoms with E-state index < -0.39 is 15.3 Å². The molecule has 0 aliphatic carbocycles. The summed E-state index contributed by atoms with van der Waals surface area (Å²) in [5.74, 6) is 0.161. The Balaban J connectivity index is 2.23. The van der Waals surface area contributed by atoms with Gasteiger partial charge in [0, 0.05) is 24.4 Å². The van der Waals surface area contributed by atoms with Crippen LogP contribution in [0.2, 0.25) is 0 Å². The summed E-state index contributed by atoms with van der Waals surface area (Å²) in [6.07, 6.45) is 2.81. The van der Waals surface area contributed by atoms with E-state index in [1.807, 2.05) is 42.2 Å². The summed E-state index contributed by atoms with van der Waals surface area (Å²) < 4.78 is 31.7. The fourth-order valence-corrected chi connectivity index (χ4v) is 5.89. The molecular weight excluding hydrogens is 362 g/mol. The smallest absolute Gasteiger partial charge is 0.181 e. The lowest BCUT2D eigenvalue weighted by Crippen LogP contribution is -2.35. The molecule has 0 saturated heterocycles. The van der Waals surface area contributed by atoms with Crippen LogP contribution >= 0.6 is 0 Å². The maximum Gasteiger partial charge on any atom is 0.181 e. The van der Waals surface area contributed by atoms with Crippen molar-refractivity contribution in [1.29, 1.82) is 0 Å². The van der Waals surface area contributed by atoms with E-state index in [1.54, 1.807) is 6.07 Å². The number of para-hydroxylation sites is 1. The predicted octanol–water partition coefficient (Wildman–Crippen LogP) is 4.52. The van der Waals surface area contributed by atoms with Crippen molar-refractivity contribution in [2.45, 2.75) is 38.0 Å². The van der Waals surface area contributed by atoms with Crippen molar-refractivity contribution in [2.75, 3.05) is 24.3 Å². The highest BCUT2D eigenvalue weighted by atomic mass is 32.2. The molecule has 5 nitrogen and oxygen atoms in total. The zero-order valence-electron chi connectivity index (χ0n) is 16.1. The number of nitrogens with zero attached hydrogens (tertiary/aromatic N) is 1. The second kappa shape index (κ2) is 7.43. The van der Waals surface area contributed by atoms with Crippen LogP contribution in [-0.2, 0) is 9.84 Å². The lowest BCUT2D eigenvalue weighted by atomic mass is 9.86. The maximum atomic E-state index is 13.2. The molecule has 6 heteroatoms. The van der Waals surface area contributed by atoms with E-state index in [0.717, 1.165) is 24.9 Å². The van der Waals surface area contributed by atoms with E-state index >= 15 is 0 Å². The van der Waals surface area contributed by atoms with Gasteiger partial charge in [-0.1, -0.05) is 44.9 Å². The Kier molecular flexibility index (Phi) is 5.38. The third kappa shape index (κ3) is 3.90. The Morgan fingerprint density at radius 2 is 1.93 bits per heavy atom. The Hall–Kier alpha value is -2.21. The van der Waals surface area contributed by atoms with Gasteiger partial charge in [0.25, 0.3) is 0 Å². The van der Waals surface area contributed by atoms with Crippen LogP contribution in [0.15, 0.2) is 47.4 Å². The van der Waals surface area contributed by atoms with Gasteiger partial charge in [0.1, 0.15) is 0 Å². The number of sulfone groups is 1. The zero-order chi connectivity index (χ0) is 19.7. The van der Waals surface area contributed by atoms with Gasteiger partial charge in [-0.15, -0.1) is 0 Å². The topological polar surface area (TPSA) is 66.8 Å². The first kappa shape index (κ1) is 19.5. The van der Waals surface area contributed by atoms with Crippen LogP contribution in [0.5, 0.6) is 11.5 Å². The number of fused-ring (bicyclic) bond motifs is 1. The van der Waals surface area contributed by atoms with Crippen LogP contribution < -0.4 is 9.64 Å². The van der Waals surface area contributed by atoms with E-state index in [2.05, 4.69) is 6.92 Å². The number of aromatic hydroxyl groups is 1. The summed E-state index contributed by atoms with van der Waals surface area (Å²) >= 11 is 0. The number of hydrogen-bond acceptors (Lipinski definition) is 5. The minimum Gasteiger partial charge on any atom is -0.504 e. The number of benzene rings is 2. The predicted molar refractivity (Wildman–Crippen MR) is 108 cm³/mol. The second-order valence-corrected chi connectivity index (χ2v) is 9.54. The summed E-state index contributed by atoms with van der Waals surface area (Å²) in [5, 5.41) is 10.2. The third-order valence-corrected chi connectivity index (χ3v) is 7.24. The minimum atomic E-state index is -3.56. The summed E-state index contributed by atoms with van der Waals surface area (Å²) in [6, 6.07) is 12.7. The number of phenolic OH excluding ortho intramolecular Hbond substituents is 1. The summed E-state index contributed by atoms with van der Waals surface area (Å²) in [7, 11) is -2.10. The maximum absolute atomic E-state index is 13.2. The van der Waals surface area contributed by atoms with Crippen LogP contribution in [0.1, 0.15) is 33.1 Å². The summed E-state index contributed by atoms with van der Waals surface area (Å²) in [5.41, 5.74) is 1.08. The van der Waals surface area contributed by atoms with E-state index in [1.165, 1.54) is 13.2 Å². The SMILES string of the molecule is CCCCC1(C)CN(c2ccccc2)c2cc(OC)c(O)cc2S(=O)(=O)C1. The molecule has 2 aromatic rings. The number of hydrogen-bond donors (Lipinski definition) is 1. The highest BCUT2D eigenvalue weighted by Crippen LogP contribution is 2.45. The van der Waals surface area contributed by atoms with Crippen LogP contribution in [-0.4, -0.2) is 32.9 Å². The number of ether oxygens (including phenoxy) is 1. The molecule has 1 heterocycles. The highest BCUT2D eigenvalue weighted by Gasteiger charge is 2.40. The molecule has 0 bridgehead atoms. The minimum absolute atomic E-state index is 0.0576. The lowest BCUT2D eigenvalue weighted by Gasteiger charge is -2.34. The van der Waals surface area contributed by atoms with Crippen molar-refractivity contribution in [3.05, 3.63) is 42.5 Å². The Bertz CT molecular complexity index is 911. The Morgan fingerprint density at radius 3 is 2.56 bits per heavy atom.